The van der Waals surface area contributed by atoms with Gasteiger partial charge < -0.3 is 9.84 Å². The molecule has 178 valence electrons. The zero-order valence-electron chi connectivity index (χ0n) is 20.2. The lowest BCUT2D eigenvalue weighted by Gasteiger charge is -2.28. The molecule has 0 atom stereocenters. The molecule has 0 radical (unpaired) electrons. The quantitative estimate of drug-likeness (QED) is 0.159. The highest BCUT2D eigenvalue weighted by atomic mass is 16.5. The van der Waals surface area contributed by atoms with Crippen LogP contribution in [0.3, 0.4) is 0 Å². The Hall–Kier alpha value is -2.03. The Kier molecular flexibility index (Phi) is 12.9. The largest absolute Gasteiger partial charge is 0.493 e. The van der Waals surface area contributed by atoms with E-state index >= 15 is 0 Å². The van der Waals surface area contributed by atoms with Crippen molar-refractivity contribution in [2.75, 3.05) is 6.61 Å². The van der Waals surface area contributed by atoms with E-state index in [2.05, 4.69) is 13.5 Å². The fourth-order valence-electron chi connectivity index (χ4n) is 4.64. The number of hydrogen-bond donors (Lipinski definition) is 1. The van der Waals surface area contributed by atoms with Crippen molar-refractivity contribution in [2.45, 2.75) is 96.8 Å². The van der Waals surface area contributed by atoms with Crippen LogP contribution < -0.4 is 4.74 Å². The van der Waals surface area contributed by atoms with Gasteiger partial charge >= 0.3 is 5.97 Å². The monoisotopic (exact) mass is 440 g/mol. The van der Waals surface area contributed by atoms with Crippen molar-refractivity contribution in [2.24, 2.45) is 11.8 Å². The van der Waals surface area contributed by atoms with E-state index in [4.69, 9.17) is 4.74 Å². The van der Waals surface area contributed by atoms with Gasteiger partial charge in [-0.05, 0) is 74.1 Å². The van der Waals surface area contributed by atoms with Crippen molar-refractivity contribution < 1.29 is 14.6 Å². The summed E-state index contributed by atoms with van der Waals surface area (Å²) in [6.45, 7) is 6.78. The molecule has 1 aromatic carbocycles. The molecular weight excluding hydrogens is 396 g/mol. The number of carbonyl (C=O) groups is 1. The molecule has 1 aliphatic rings. The predicted octanol–water partition coefficient (Wildman–Crippen LogP) is 8.45. The Morgan fingerprint density at radius 3 is 2.34 bits per heavy atom. The first-order valence-electron chi connectivity index (χ1n) is 12.9. The van der Waals surface area contributed by atoms with Gasteiger partial charge in [-0.25, -0.2) is 4.79 Å². The van der Waals surface area contributed by atoms with Gasteiger partial charge in [0, 0.05) is 5.57 Å². The molecular formula is C29H44O3. The van der Waals surface area contributed by atoms with E-state index in [1.54, 1.807) is 6.08 Å². The molecule has 0 saturated heterocycles. The molecule has 0 amide bonds. The summed E-state index contributed by atoms with van der Waals surface area (Å²) in [7, 11) is 0. The van der Waals surface area contributed by atoms with Gasteiger partial charge in [0.1, 0.15) is 5.75 Å². The van der Waals surface area contributed by atoms with Crippen molar-refractivity contribution in [1.29, 1.82) is 0 Å². The van der Waals surface area contributed by atoms with Crippen LogP contribution >= 0.6 is 0 Å². The standard InChI is InChI=1S/C29H44O3/c1-3-5-7-9-10-12-24-14-16-26(17-15-24)23-32-28-20-18-25(19-21-28)22-27(29(30)31)13-11-8-6-4-2/h4,18-22,24,26H,2-3,5-17,23H2,1H3,(H,30,31)/b27-22+. The number of allylic oxidation sites excluding steroid dienone is 1. The lowest BCUT2D eigenvalue weighted by molar-refractivity contribution is -0.132. The molecule has 0 heterocycles. The second kappa shape index (κ2) is 15.7. The summed E-state index contributed by atoms with van der Waals surface area (Å²) in [5.41, 5.74) is 1.38. The molecule has 1 aromatic rings. The normalized spacial score (nSPS) is 19.0. The Bertz CT molecular complexity index is 681. The number of rotatable bonds is 16. The van der Waals surface area contributed by atoms with Gasteiger partial charge in [-0.2, -0.15) is 0 Å². The zero-order chi connectivity index (χ0) is 23.0. The highest BCUT2D eigenvalue weighted by Gasteiger charge is 2.21. The van der Waals surface area contributed by atoms with Crippen LogP contribution in [0.25, 0.3) is 6.08 Å². The fourth-order valence-corrected chi connectivity index (χ4v) is 4.64. The number of carboxylic acids is 1. The first kappa shape index (κ1) is 26.2. The average molecular weight is 441 g/mol. The third-order valence-corrected chi connectivity index (χ3v) is 6.77. The molecule has 2 rings (SSSR count). The topological polar surface area (TPSA) is 46.5 Å². The number of ether oxygens (including phenoxy) is 1. The SMILES string of the molecule is C=CCCCC/C(=C\c1ccc(OCC2CCC(CCCCCCC)CC2)cc1)C(=O)O. The summed E-state index contributed by atoms with van der Waals surface area (Å²) < 4.78 is 6.06. The molecule has 3 nitrogen and oxygen atoms in total. The van der Waals surface area contributed by atoms with Gasteiger partial charge in [-0.1, -0.05) is 76.5 Å². The van der Waals surface area contributed by atoms with Crippen LogP contribution in [-0.2, 0) is 4.79 Å². The van der Waals surface area contributed by atoms with Gasteiger partial charge in [-0.3, -0.25) is 0 Å². The molecule has 1 saturated carbocycles. The van der Waals surface area contributed by atoms with E-state index in [0.717, 1.165) is 43.1 Å². The van der Waals surface area contributed by atoms with E-state index in [9.17, 15) is 9.90 Å². The lowest BCUT2D eigenvalue weighted by atomic mass is 9.80. The Morgan fingerprint density at radius 1 is 1.00 bits per heavy atom. The summed E-state index contributed by atoms with van der Waals surface area (Å²) in [6.07, 6.45) is 20.7. The van der Waals surface area contributed by atoms with Crippen molar-refractivity contribution in [3.8, 4) is 5.75 Å². The Labute approximate surface area is 196 Å². The first-order chi connectivity index (χ1) is 15.6. The Morgan fingerprint density at radius 2 is 1.69 bits per heavy atom. The van der Waals surface area contributed by atoms with E-state index < -0.39 is 5.97 Å². The molecule has 1 fully saturated rings. The third kappa shape index (κ3) is 10.5. The smallest absolute Gasteiger partial charge is 0.331 e. The third-order valence-electron chi connectivity index (χ3n) is 6.77. The highest BCUT2D eigenvalue weighted by molar-refractivity contribution is 5.92. The van der Waals surface area contributed by atoms with Crippen molar-refractivity contribution in [3.63, 3.8) is 0 Å². The van der Waals surface area contributed by atoms with Gasteiger partial charge in [0.25, 0.3) is 0 Å². The van der Waals surface area contributed by atoms with Gasteiger partial charge in [0.2, 0.25) is 0 Å². The fraction of sp³-hybridized carbons (Fsp3) is 0.621. The molecule has 0 aromatic heterocycles. The molecule has 32 heavy (non-hydrogen) atoms. The molecule has 0 aliphatic heterocycles. The van der Waals surface area contributed by atoms with E-state index in [1.807, 2.05) is 30.3 Å². The maximum atomic E-state index is 11.5. The van der Waals surface area contributed by atoms with Crippen molar-refractivity contribution in [3.05, 3.63) is 48.1 Å². The van der Waals surface area contributed by atoms with Gasteiger partial charge in [0.15, 0.2) is 0 Å². The number of aliphatic carboxylic acids is 1. The van der Waals surface area contributed by atoms with Crippen LogP contribution in [0.15, 0.2) is 42.5 Å². The average Bonchev–Trinajstić information content (AvgIpc) is 2.81. The molecule has 1 aliphatic carbocycles. The first-order valence-corrected chi connectivity index (χ1v) is 12.9. The molecule has 3 heteroatoms. The summed E-state index contributed by atoms with van der Waals surface area (Å²) in [6, 6.07) is 7.84. The van der Waals surface area contributed by atoms with Crippen LogP contribution in [0.2, 0.25) is 0 Å². The van der Waals surface area contributed by atoms with Gasteiger partial charge in [-0.15, -0.1) is 6.58 Å². The lowest BCUT2D eigenvalue weighted by Crippen LogP contribution is -2.20. The van der Waals surface area contributed by atoms with Gasteiger partial charge in [0.05, 0.1) is 6.61 Å². The summed E-state index contributed by atoms with van der Waals surface area (Å²) in [5.74, 6) is 1.64. The zero-order valence-corrected chi connectivity index (χ0v) is 20.2. The van der Waals surface area contributed by atoms with E-state index in [0.29, 0.717) is 17.9 Å². The minimum Gasteiger partial charge on any atom is -0.493 e. The number of hydrogen-bond acceptors (Lipinski definition) is 2. The molecule has 1 N–H and O–H groups in total. The minimum absolute atomic E-state index is 0.463. The maximum Gasteiger partial charge on any atom is 0.331 e. The predicted molar refractivity (Wildman–Crippen MR) is 135 cm³/mol. The van der Waals surface area contributed by atoms with Crippen LogP contribution in [0.5, 0.6) is 5.75 Å². The summed E-state index contributed by atoms with van der Waals surface area (Å²) >= 11 is 0. The second-order valence-corrected chi connectivity index (χ2v) is 9.48. The van der Waals surface area contributed by atoms with E-state index in [-0.39, 0.29) is 0 Å². The molecule has 0 unspecified atom stereocenters. The van der Waals surface area contributed by atoms with Crippen molar-refractivity contribution in [1.82, 2.24) is 0 Å². The van der Waals surface area contributed by atoms with Crippen LogP contribution in [0.1, 0.15) is 102 Å². The van der Waals surface area contributed by atoms with E-state index in [1.165, 1.54) is 64.2 Å². The molecule has 0 bridgehead atoms. The van der Waals surface area contributed by atoms with Crippen LogP contribution in [0, 0.1) is 11.8 Å². The second-order valence-electron chi connectivity index (χ2n) is 9.48. The maximum absolute atomic E-state index is 11.5. The molecule has 0 spiro atoms. The number of unbranched alkanes of at least 4 members (excludes halogenated alkanes) is 6. The van der Waals surface area contributed by atoms with Crippen LogP contribution in [-0.4, -0.2) is 17.7 Å². The Balaban J connectivity index is 1.70. The minimum atomic E-state index is -0.833. The highest BCUT2D eigenvalue weighted by Crippen LogP contribution is 2.32. The van der Waals surface area contributed by atoms with Crippen LogP contribution in [0.4, 0.5) is 0 Å². The summed E-state index contributed by atoms with van der Waals surface area (Å²) in [5, 5.41) is 9.46. The summed E-state index contributed by atoms with van der Waals surface area (Å²) in [4.78, 5) is 11.5. The van der Waals surface area contributed by atoms with Crippen molar-refractivity contribution >= 4 is 12.0 Å². The number of benzene rings is 1. The number of carboxylic acid groups (broad SMARTS) is 1.